The summed E-state index contributed by atoms with van der Waals surface area (Å²) in [6.07, 6.45) is 1.90. The molecule has 0 bridgehead atoms. The first-order valence-electron chi connectivity index (χ1n) is 12.4. The van der Waals surface area contributed by atoms with Crippen LogP contribution in [0.5, 0.6) is 5.75 Å². The number of nitrogens with one attached hydrogen (secondary N) is 1. The second-order valence-electron chi connectivity index (χ2n) is 9.83. The second-order valence-corrected chi connectivity index (χ2v) is 9.83. The number of fused-ring (bicyclic) bond motifs is 1. The highest BCUT2D eigenvalue weighted by atomic mass is 16.5. The number of carbonyl (C=O) groups excluding carboxylic acids is 3. The van der Waals surface area contributed by atoms with Gasteiger partial charge in [-0.3, -0.25) is 24.6 Å². The van der Waals surface area contributed by atoms with E-state index < -0.39 is 17.4 Å². The van der Waals surface area contributed by atoms with Crippen molar-refractivity contribution in [2.45, 2.75) is 50.2 Å². The number of hydrogen-bond donors (Lipinski definition) is 1. The molecule has 2 aromatic carbocycles. The molecule has 3 aliphatic heterocycles. The van der Waals surface area contributed by atoms with Crippen LogP contribution < -0.4 is 10.1 Å². The molecular weight excluding hydrogens is 470 g/mol. The fourth-order valence-corrected chi connectivity index (χ4v) is 5.49. The van der Waals surface area contributed by atoms with Gasteiger partial charge in [0.25, 0.3) is 5.91 Å². The van der Waals surface area contributed by atoms with Crippen molar-refractivity contribution in [2.75, 3.05) is 19.7 Å². The van der Waals surface area contributed by atoms with Crippen molar-refractivity contribution in [3.05, 3.63) is 64.7 Å². The molecule has 9 heteroatoms. The lowest BCUT2D eigenvalue weighted by Crippen LogP contribution is -2.52. The van der Waals surface area contributed by atoms with Crippen LogP contribution in [0.15, 0.2) is 42.5 Å². The Morgan fingerprint density at radius 2 is 1.81 bits per heavy atom. The molecule has 0 radical (unpaired) electrons. The van der Waals surface area contributed by atoms with Crippen LogP contribution in [-0.4, -0.2) is 53.3 Å². The van der Waals surface area contributed by atoms with Crippen LogP contribution >= 0.6 is 0 Å². The zero-order valence-corrected chi connectivity index (χ0v) is 20.4. The number of hydrogen-bond acceptors (Lipinski definition) is 7. The molecule has 0 aliphatic carbocycles. The lowest BCUT2D eigenvalue weighted by atomic mass is 9.73. The van der Waals surface area contributed by atoms with Crippen molar-refractivity contribution in [3.8, 4) is 17.9 Å². The monoisotopic (exact) mass is 497 g/mol. The van der Waals surface area contributed by atoms with Gasteiger partial charge in [-0.1, -0.05) is 24.3 Å². The summed E-state index contributed by atoms with van der Waals surface area (Å²) in [5, 5.41) is 21.2. The predicted octanol–water partition coefficient (Wildman–Crippen LogP) is 2.41. The Balaban J connectivity index is 1.25. The summed E-state index contributed by atoms with van der Waals surface area (Å²) in [5.41, 5.74) is 2.79. The highest BCUT2D eigenvalue weighted by Crippen LogP contribution is 2.38. The lowest BCUT2D eigenvalue weighted by Gasteiger charge is -2.37. The van der Waals surface area contributed by atoms with Gasteiger partial charge in [0.2, 0.25) is 11.8 Å². The van der Waals surface area contributed by atoms with Gasteiger partial charge in [-0.15, -0.1) is 0 Å². The number of likely N-dealkylation sites (tertiary alicyclic amines) is 1. The Morgan fingerprint density at radius 3 is 2.49 bits per heavy atom. The molecule has 2 fully saturated rings. The summed E-state index contributed by atoms with van der Waals surface area (Å²) in [6, 6.07) is 17.2. The average Bonchev–Trinajstić information content (AvgIpc) is 3.24. The van der Waals surface area contributed by atoms with E-state index in [0.29, 0.717) is 37.1 Å². The lowest BCUT2D eigenvalue weighted by molar-refractivity contribution is -0.136. The molecule has 0 aromatic heterocycles. The predicted molar refractivity (Wildman–Crippen MR) is 132 cm³/mol. The van der Waals surface area contributed by atoms with Crippen LogP contribution in [0.1, 0.15) is 52.7 Å². The summed E-state index contributed by atoms with van der Waals surface area (Å²) in [6.45, 7) is 2.61. The number of nitrogens with zero attached hydrogens (tertiary/aromatic N) is 4. The Kier molecular flexibility index (Phi) is 6.64. The van der Waals surface area contributed by atoms with Crippen molar-refractivity contribution < 1.29 is 19.1 Å². The molecule has 1 N–H and O–H groups in total. The third-order valence-electron chi connectivity index (χ3n) is 7.63. The minimum atomic E-state index is -0.652. The van der Waals surface area contributed by atoms with E-state index in [1.807, 2.05) is 42.5 Å². The van der Waals surface area contributed by atoms with Crippen molar-refractivity contribution in [3.63, 3.8) is 0 Å². The SMILES string of the molecule is N#CCOc1ccc(CN2CCC(C#N)(c3ccc4c(c3)CN(C3CCC(=O)NC3=O)C4=O)CC2)cc1. The second kappa shape index (κ2) is 10.0. The first kappa shape index (κ1) is 24.5. The van der Waals surface area contributed by atoms with Gasteiger partial charge in [-0.25, -0.2) is 0 Å². The number of imide groups is 1. The minimum absolute atomic E-state index is 0.0214. The first-order valence-corrected chi connectivity index (χ1v) is 12.4. The first-order chi connectivity index (χ1) is 17.9. The normalized spacial score (nSPS) is 21.1. The van der Waals surface area contributed by atoms with E-state index >= 15 is 0 Å². The molecule has 2 aromatic rings. The van der Waals surface area contributed by atoms with Crippen LogP contribution in [0.2, 0.25) is 0 Å². The van der Waals surface area contributed by atoms with Crippen molar-refractivity contribution in [1.29, 1.82) is 10.5 Å². The quantitative estimate of drug-likeness (QED) is 0.607. The largest absolute Gasteiger partial charge is 0.479 e. The smallest absolute Gasteiger partial charge is 0.255 e. The van der Waals surface area contributed by atoms with Crippen molar-refractivity contribution in [2.24, 2.45) is 0 Å². The van der Waals surface area contributed by atoms with E-state index in [9.17, 15) is 19.6 Å². The van der Waals surface area contributed by atoms with Crippen LogP contribution in [0, 0.1) is 22.7 Å². The van der Waals surface area contributed by atoms with Crippen molar-refractivity contribution >= 4 is 17.7 Å². The summed E-state index contributed by atoms with van der Waals surface area (Å²) in [7, 11) is 0. The number of piperidine rings is 2. The number of nitriles is 2. The van der Waals surface area contributed by atoms with Gasteiger partial charge in [0, 0.05) is 38.2 Å². The maximum absolute atomic E-state index is 13.0. The maximum atomic E-state index is 13.0. The van der Waals surface area contributed by atoms with E-state index in [2.05, 4.69) is 16.3 Å². The summed E-state index contributed by atoms with van der Waals surface area (Å²) in [4.78, 5) is 40.7. The van der Waals surface area contributed by atoms with Gasteiger partial charge in [-0.2, -0.15) is 10.5 Å². The fourth-order valence-electron chi connectivity index (χ4n) is 5.49. The number of rotatable bonds is 6. The van der Waals surface area contributed by atoms with Crippen LogP contribution in [0.3, 0.4) is 0 Å². The zero-order valence-electron chi connectivity index (χ0n) is 20.4. The third kappa shape index (κ3) is 4.78. The highest BCUT2D eigenvalue weighted by Gasteiger charge is 2.41. The topological polar surface area (TPSA) is 127 Å². The van der Waals surface area contributed by atoms with E-state index in [0.717, 1.165) is 36.3 Å². The molecule has 1 unspecified atom stereocenters. The molecule has 9 nitrogen and oxygen atoms in total. The Hall–Kier alpha value is -4.21. The Labute approximate surface area is 215 Å². The molecule has 2 saturated heterocycles. The van der Waals surface area contributed by atoms with Gasteiger partial charge < -0.3 is 9.64 Å². The van der Waals surface area contributed by atoms with Gasteiger partial charge >= 0.3 is 0 Å². The van der Waals surface area contributed by atoms with E-state index in [-0.39, 0.29) is 24.8 Å². The van der Waals surface area contributed by atoms with E-state index in [1.165, 1.54) is 4.90 Å². The minimum Gasteiger partial charge on any atom is -0.479 e. The molecule has 3 heterocycles. The fraction of sp³-hybridized carbons (Fsp3) is 0.393. The summed E-state index contributed by atoms with van der Waals surface area (Å²) < 4.78 is 5.31. The molecule has 1 atom stereocenters. The van der Waals surface area contributed by atoms with Gasteiger partial charge in [0.1, 0.15) is 17.9 Å². The van der Waals surface area contributed by atoms with Gasteiger partial charge in [0.05, 0.1) is 11.5 Å². The number of benzene rings is 2. The molecule has 0 spiro atoms. The van der Waals surface area contributed by atoms with Gasteiger partial charge in [0.15, 0.2) is 6.61 Å². The number of carbonyl (C=O) groups is 3. The standard InChI is InChI=1S/C28H27N5O4/c29-11-14-37-22-4-1-19(2-5-22)16-32-12-9-28(18-30,10-13-32)21-3-6-23-20(15-21)17-33(27(23)36)24-7-8-25(34)31-26(24)35/h1-6,15,24H,7-10,12-14,16-17H2,(H,31,34,35). The average molecular weight is 498 g/mol. The van der Waals surface area contributed by atoms with Crippen molar-refractivity contribution in [1.82, 2.24) is 15.1 Å². The molecule has 5 rings (SSSR count). The summed E-state index contributed by atoms with van der Waals surface area (Å²) >= 11 is 0. The van der Waals surface area contributed by atoms with E-state index in [1.54, 1.807) is 6.07 Å². The number of ether oxygens (including phenoxy) is 1. The molecule has 3 aliphatic rings. The highest BCUT2D eigenvalue weighted by molar-refractivity contribution is 6.05. The van der Waals surface area contributed by atoms with Crippen LogP contribution in [0.25, 0.3) is 0 Å². The maximum Gasteiger partial charge on any atom is 0.255 e. The molecule has 3 amide bonds. The molecule has 0 saturated carbocycles. The molecule has 188 valence electrons. The number of amides is 3. The summed E-state index contributed by atoms with van der Waals surface area (Å²) in [5.74, 6) is -0.279. The van der Waals surface area contributed by atoms with Crippen LogP contribution in [0.4, 0.5) is 0 Å². The van der Waals surface area contributed by atoms with Gasteiger partial charge in [-0.05, 0) is 54.2 Å². The molecule has 37 heavy (non-hydrogen) atoms. The Bertz CT molecular complexity index is 1320. The molecular formula is C28H27N5O4. The van der Waals surface area contributed by atoms with E-state index in [4.69, 9.17) is 10.00 Å². The van der Waals surface area contributed by atoms with Crippen LogP contribution in [-0.2, 0) is 28.1 Å². The third-order valence-corrected chi connectivity index (χ3v) is 7.63. The zero-order chi connectivity index (χ0) is 26.0. The Morgan fingerprint density at radius 1 is 1.05 bits per heavy atom.